The van der Waals surface area contributed by atoms with Crippen LogP contribution >= 0.6 is 27.7 Å². The highest BCUT2D eigenvalue weighted by Gasteiger charge is 2.28. The van der Waals surface area contributed by atoms with Crippen molar-refractivity contribution in [3.8, 4) is 11.4 Å². The Labute approximate surface area is 163 Å². The number of rotatable bonds is 6. The summed E-state index contributed by atoms with van der Waals surface area (Å²) >= 11 is 4.91. The quantitative estimate of drug-likeness (QED) is 0.595. The summed E-state index contributed by atoms with van der Waals surface area (Å²) in [5, 5.41) is 14.9. The minimum Gasteiger partial charge on any atom is -0.325 e. The van der Waals surface area contributed by atoms with Gasteiger partial charge in [-0.15, -0.1) is 16.9 Å². The third-order valence-corrected chi connectivity index (χ3v) is 5.54. The van der Waals surface area contributed by atoms with Gasteiger partial charge in [0.2, 0.25) is 5.91 Å². The highest BCUT2D eigenvalue weighted by Crippen LogP contribution is 2.36. The molecule has 1 aliphatic carbocycles. The molecule has 2 aromatic carbocycles. The molecule has 0 aliphatic heterocycles. The van der Waals surface area contributed by atoms with E-state index in [1.807, 2.05) is 53.2 Å². The summed E-state index contributed by atoms with van der Waals surface area (Å²) in [6.07, 6.45) is 2.25. The second kappa shape index (κ2) is 7.59. The van der Waals surface area contributed by atoms with Crippen LogP contribution in [0.25, 0.3) is 11.4 Å². The molecule has 0 unspecified atom stereocenters. The Bertz CT molecular complexity index is 906. The number of tetrazole rings is 1. The van der Waals surface area contributed by atoms with Gasteiger partial charge < -0.3 is 5.32 Å². The third-order valence-electron chi connectivity index (χ3n) is 4.00. The zero-order valence-corrected chi connectivity index (χ0v) is 16.2. The van der Waals surface area contributed by atoms with Gasteiger partial charge >= 0.3 is 0 Å². The molecule has 1 saturated carbocycles. The van der Waals surface area contributed by atoms with Crippen LogP contribution in [0.1, 0.15) is 18.9 Å². The normalized spacial score (nSPS) is 13.6. The summed E-state index contributed by atoms with van der Waals surface area (Å²) in [6.45, 7) is 0. The topological polar surface area (TPSA) is 72.7 Å². The lowest BCUT2D eigenvalue weighted by Gasteiger charge is -2.07. The molecule has 1 aliphatic rings. The van der Waals surface area contributed by atoms with E-state index in [-0.39, 0.29) is 5.91 Å². The molecule has 1 aromatic heterocycles. The third kappa shape index (κ3) is 4.13. The molecule has 4 rings (SSSR count). The van der Waals surface area contributed by atoms with Gasteiger partial charge in [-0.25, -0.2) is 4.68 Å². The SMILES string of the molecule is O=C(CSc1ccc(Br)cc1)Nc1ccc(-c2nnnn2C2CC2)cc1. The number of halogens is 1. The van der Waals surface area contributed by atoms with E-state index in [4.69, 9.17) is 0 Å². The molecule has 0 radical (unpaired) electrons. The number of aromatic nitrogens is 4. The number of nitrogens with zero attached hydrogens (tertiary/aromatic N) is 4. The molecule has 0 atom stereocenters. The molecule has 0 spiro atoms. The number of nitrogens with one attached hydrogen (secondary N) is 1. The molecule has 6 nitrogen and oxygen atoms in total. The van der Waals surface area contributed by atoms with E-state index in [2.05, 4.69) is 36.8 Å². The Morgan fingerprint density at radius 2 is 1.88 bits per heavy atom. The van der Waals surface area contributed by atoms with Gasteiger partial charge in [0.1, 0.15) is 0 Å². The highest BCUT2D eigenvalue weighted by atomic mass is 79.9. The van der Waals surface area contributed by atoms with Gasteiger partial charge in [0.05, 0.1) is 11.8 Å². The van der Waals surface area contributed by atoms with E-state index < -0.39 is 0 Å². The van der Waals surface area contributed by atoms with Crippen molar-refractivity contribution >= 4 is 39.3 Å². The average Bonchev–Trinajstić information content (AvgIpc) is 3.39. The molecule has 0 saturated heterocycles. The molecule has 1 heterocycles. The van der Waals surface area contributed by atoms with Gasteiger partial charge in [-0.2, -0.15) is 0 Å². The van der Waals surface area contributed by atoms with Crippen LogP contribution in [0.15, 0.2) is 57.9 Å². The smallest absolute Gasteiger partial charge is 0.234 e. The lowest BCUT2D eigenvalue weighted by Crippen LogP contribution is -2.13. The Morgan fingerprint density at radius 1 is 1.15 bits per heavy atom. The maximum Gasteiger partial charge on any atom is 0.234 e. The maximum atomic E-state index is 12.1. The first kappa shape index (κ1) is 17.2. The molecule has 3 aromatic rings. The van der Waals surface area contributed by atoms with E-state index in [1.54, 1.807) is 0 Å². The van der Waals surface area contributed by atoms with Crippen molar-refractivity contribution in [2.75, 3.05) is 11.1 Å². The summed E-state index contributed by atoms with van der Waals surface area (Å²) in [5.74, 6) is 1.10. The zero-order chi connectivity index (χ0) is 17.9. The van der Waals surface area contributed by atoms with E-state index in [9.17, 15) is 4.79 Å². The standard InChI is InChI=1S/C18H16BrN5OS/c19-13-3-9-16(10-4-13)26-11-17(25)20-14-5-1-12(2-6-14)18-21-22-23-24(18)15-7-8-15/h1-6,9-10,15H,7-8,11H2,(H,20,25). The van der Waals surface area contributed by atoms with Gasteiger partial charge in [-0.3, -0.25) is 4.79 Å². The van der Waals surface area contributed by atoms with Crippen molar-refractivity contribution in [2.24, 2.45) is 0 Å². The summed E-state index contributed by atoms with van der Waals surface area (Å²) < 4.78 is 2.90. The van der Waals surface area contributed by atoms with Gasteiger partial charge in [0, 0.05) is 20.6 Å². The van der Waals surface area contributed by atoms with Crippen molar-refractivity contribution in [1.29, 1.82) is 0 Å². The zero-order valence-electron chi connectivity index (χ0n) is 13.8. The molecule has 1 fully saturated rings. The molecule has 0 bridgehead atoms. The van der Waals surface area contributed by atoms with Crippen LogP contribution in [-0.4, -0.2) is 31.9 Å². The fraction of sp³-hybridized carbons (Fsp3) is 0.222. The molecule has 1 N–H and O–H groups in total. The number of carbonyl (C=O) groups is 1. The lowest BCUT2D eigenvalue weighted by molar-refractivity contribution is -0.113. The Morgan fingerprint density at radius 3 is 2.58 bits per heavy atom. The number of carbonyl (C=O) groups excluding carboxylic acids is 1. The molecule has 8 heteroatoms. The monoisotopic (exact) mass is 429 g/mol. The van der Waals surface area contributed by atoms with Crippen LogP contribution in [0.3, 0.4) is 0 Å². The van der Waals surface area contributed by atoms with Gasteiger partial charge in [-0.1, -0.05) is 15.9 Å². The van der Waals surface area contributed by atoms with Crippen LogP contribution in [0.5, 0.6) is 0 Å². The van der Waals surface area contributed by atoms with Crippen molar-refractivity contribution in [3.63, 3.8) is 0 Å². The Hall–Kier alpha value is -2.19. The summed E-state index contributed by atoms with van der Waals surface area (Å²) in [5.41, 5.74) is 1.71. The van der Waals surface area contributed by atoms with E-state index >= 15 is 0 Å². The minimum atomic E-state index is -0.0338. The second-order valence-corrected chi connectivity index (χ2v) is 8.01. The van der Waals surface area contributed by atoms with E-state index in [0.29, 0.717) is 11.8 Å². The lowest BCUT2D eigenvalue weighted by atomic mass is 10.2. The fourth-order valence-electron chi connectivity index (χ4n) is 2.53. The Kier molecular flexibility index (Phi) is 5.03. The molecule has 132 valence electrons. The second-order valence-electron chi connectivity index (χ2n) is 6.05. The van der Waals surface area contributed by atoms with Crippen LogP contribution < -0.4 is 5.32 Å². The first-order chi connectivity index (χ1) is 12.7. The molecule has 1 amide bonds. The minimum absolute atomic E-state index is 0.0338. The number of hydrogen-bond donors (Lipinski definition) is 1. The Balaban J connectivity index is 1.35. The molecule has 26 heavy (non-hydrogen) atoms. The number of anilines is 1. The van der Waals surface area contributed by atoms with Crippen molar-refractivity contribution in [2.45, 2.75) is 23.8 Å². The largest absolute Gasteiger partial charge is 0.325 e. The summed E-state index contributed by atoms with van der Waals surface area (Å²) in [4.78, 5) is 13.2. The van der Waals surface area contributed by atoms with Gasteiger partial charge in [0.25, 0.3) is 0 Å². The first-order valence-corrected chi connectivity index (χ1v) is 10.0. The maximum absolute atomic E-state index is 12.1. The highest BCUT2D eigenvalue weighted by molar-refractivity contribution is 9.10. The van der Waals surface area contributed by atoms with Crippen molar-refractivity contribution in [3.05, 3.63) is 53.0 Å². The van der Waals surface area contributed by atoms with E-state index in [1.165, 1.54) is 11.8 Å². The van der Waals surface area contributed by atoms with Crippen LogP contribution in [0, 0.1) is 0 Å². The first-order valence-electron chi connectivity index (χ1n) is 8.25. The fourth-order valence-corrected chi connectivity index (χ4v) is 3.49. The number of hydrogen-bond acceptors (Lipinski definition) is 5. The van der Waals surface area contributed by atoms with Crippen LogP contribution in [-0.2, 0) is 4.79 Å². The van der Waals surface area contributed by atoms with E-state index in [0.717, 1.165) is 39.3 Å². The molecular weight excluding hydrogens is 414 g/mol. The average molecular weight is 430 g/mol. The predicted molar refractivity (Wildman–Crippen MR) is 105 cm³/mol. The number of benzene rings is 2. The summed E-state index contributed by atoms with van der Waals surface area (Å²) in [6, 6.07) is 16.0. The van der Waals surface area contributed by atoms with Crippen LogP contribution in [0.2, 0.25) is 0 Å². The predicted octanol–water partition coefficient (Wildman–Crippen LogP) is 4.17. The van der Waals surface area contributed by atoms with Crippen molar-refractivity contribution in [1.82, 2.24) is 20.2 Å². The molecular formula is C18H16BrN5OS. The number of thioether (sulfide) groups is 1. The van der Waals surface area contributed by atoms with Crippen molar-refractivity contribution < 1.29 is 4.79 Å². The summed E-state index contributed by atoms with van der Waals surface area (Å²) in [7, 11) is 0. The number of amides is 1. The van der Waals surface area contributed by atoms with Crippen LogP contribution in [0.4, 0.5) is 5.69 Å². The van der Waals surface area contributed by atoms with Gasteiger partial charge in [-0.05, 0) is 71.8 Å². The van der Waals surface area contributed by atoms with Gasteiger partial charge in [0.15, 0.2) is 5.82 Å².